The molecule has 0 saturated heterocycles. The lowest BCUT2D eigenvalue weighted by atomic mass is 10.2. The number of rotatable bonds is 4. The van der Waals surface area contributed by atoms with Crippen LogP contribution in [0.4, 0.5) is 0 Å². The van der Waals surface area contributed by atoms with E-state index in [0.717, 1.165) is 20.0 Å². The number of ketones is 1. The van der Waals surface area contributed by atoms with Crippen molar-refractivity contribution in [2.75, 3.05) is 12.0 Å². The molecule has 0 aromatic carbocycles. The van der Waals surface area contributed by atoms with Crippen molar-refractivity contribution in [3.8, 4) is 0 Å². The van der Waals surface area contributed by atoms with Gasteiger partial charge in [-0.2, -0.15) is 11.8 Å². The molecule has 0 radical (unpaired) electrons. The maximum Gasteiger partial charge on any atom is 0.173 e. The van der Waals surface area contributed by atoms with E-state index in [2.05, 4.69) is 15.9 Å². The van der Waals surface area contributed by atoms with E-state index < -0.39 is 0 Å². The minimum atomic E-state index is 0.258. The number of thioether (sulfide) groups is 1. The minimum Gasteiger partial charge on any atom is -0.293 e. The number of carbonyl (C=O) groups is 1. The van der Waals surface area contributed by atoms with E-state index >= 15 is 0 Å². The molecule has 0 bridgehead atoms. The van der Waals surface area contributed by atoms with Crippen molar-refractivity contribution < 1.29 is 4.79 Å². The number of aryl methyl sites for hydroxylation is 1. The van der Waals surface area contributed by atoms with Gasteiger partial charge in [-0.25, -0.2) is 0 Å². The topological polar surface area (TPSA) is 17.1 Å². The average Bonchev–Trinajstić information content (AvgIpc) is 2.43. The number of hydrogen-bond acceptors (Lipinski definition) is 3. The van der Waals surface area contributed by atoms with Crippen molar-refractivity contribution in [3.63, 3.8) is 0 Å². The molecule has 1 aromatic rings. The summed E-state index contributed by atoms with van der Waals surface area (Å²) in [7, 11) is 0. The Balaban J connectivity index is 2.66. The van der Waals surface area contributed by atoms with E-state index in [4.69, 9.17) is 0 Å². The van der Waals surface area contributed by atoms with Crippen molar-refractivity contribution in [2.24, 2.45) is 0 Å². The molecular weight excluding hydrogens is 268 g/mol. The Bertz CT molecular complexity index is 287. The average molecular weight is 279 g/mol. The van der Waals surface area contributed by atoms with Crippen LogP contribution in [0.1, 0.15) is 21.7 Å². The SMILES string of the molecule is CSCCC(=O)c1cc(C)c(Br)s1. The fourth-order valence-electron chi connectivity index (χ4n) is 0.915. The third-order valence-corrected chi connectivity index (χ3v) is 4.46. The Hall–Kier alpha value is 0.200. The lowest BCUT2D eigenvalue weighted by Gasteiger charge is -1.93. The van der Waals surface area contributed by atoms with Gasteiger partial charge in [0.15, 0.2) is 5.78 Å². The second kappa shape index (κ2) is 5.17. The summed E-state index contributed by atoms with van der Waals surface area (Å²) in [5, 5.41) is 0. The van der Waals surface area contributed by atoms with Gasteiger partial charge >= 0.3 is 0 Å². The molecule has 0 aliphatic carbocycles. The van der Waals surface area contributed by atoms with Crippen molar-refractivity contribution >= 4 is 44.8 Å². The molecule has 0 amide bonds. The van der Waals surface area contributed by atoms with Crippen LogP contribution in [0.2, 0.25) is 0 Å². The van der Waals surface area contributed by atoms with Crippen LogP contribution in [0.3, 0.4) is 0 Å². The Morgan fingerprint density at radius 1 is 1.69 bits per heavy atom. The van der Waals surface area contributed by atoms with Gasteiger partial charge in [-0.05, 0) is 40.7 Å². The van der Waals surface area contributed by atoms with E-state index in [-0.39, 0.29) is 5.78 Å². The van der Waals surface area contributed by atoms with Gasteiger partial charge in [-0.1, -0.05) is 0 Å². The smallest absolute Gasteiger partial charge is 0.173 e. The van der Waals surface area contributed by atoms with Crippen LogP contribution in [0.5, 0.6) is 0 Å². The first-order valence-corrected chi connectivity index (χ1v) is 6.93. The van der Waals surface area contributed by atoms with E-state index in [1.165, 1.54) is 11.3 Å². The molecule has 0 aliphatic heterocycles. The first-order chi connectivity index (χ1) is 6.15. The highest BCUT2D eigenvalue weighted by molar-refractivity contribution is 9.11. The van der Waals surface area contributed by atoms with E-state index in [1.54, 1.807) is 11.8 Å². The highest BCUT2D eigenvalue weighted by Gasteiger charge is 2.10. The fraction of sp³-hybridized carbons (Fsp3) is 0.444. The van der Waals surface area contributed by atoms with Crippen LogP contribution < -0.4 is 0 Å². The minimum absolute atomic E-state index is 0.258. The van der Waals surface area contributed by atoms with Crippen LogP contribution in [0.15, 0.2) is 9.85 Å². The zero-order valence-electron chi connectivity index (χ0n) is 7.59. The highest BCUT2D eigenvalue weighted by Crippen LogP contribution is 2.28. The fourth-order valence-corrected chi connectivity index (χ4v) is 2.81. The van der Waals surface area contributed by atoms with Gasteiger partial charge in [0.25, 0.3) is 0 Å². The molecule has 1 rings (SSSR count). The molecule has 1 heterocycles. The molecule has 0 atom stereocenters. The van der Waals surface area contributed by atoms with Gasteiger partial charge in [-0.3, -0.25) is 4.79 Å². The summed E-state index contributed by atoms with van der Waals surface area (Å²) in [6.07, 6.45) is 2.66. The quantitative estimate of drug-likeness (QED) is 0.781. The van der Waals surface area contributed by atoms with Gasteiger partial charge in [0.05, 0.1) is 8.66 Å². The van der Waals surface area contributed by atoms with Crippen LogP contribution in [0, 0.1) is 6.92 Å². The lowest BCUT2D eigenvalue weighted by molar-refractivity contribution is 0.0993. The number of Topliss-reactive ketones (excluding diaryl/α,β-unsaturated/α-hetero) is 1. The predicted octanol–water partition coefficient (Wildman–Crippen LogP) is 3.75. The molecule has 0 spiro atoms. The molecule has 0 fully saturated rings. The summed E-state index contributed by atoms with van der Waals surface area (Å²) in [5.74, 6) is 1.17. The second-order valence-electron chi connectivity index (χ2n) is 2.73. The molecular formula is C9H11BrOS2. The van der Waals surface area contributed by atoms with E-state index in [1.807, 2.05) is 19.2 Å². The van der Waals surface area contributed by atoms with Gasteiger partial charge in [0, 0.05) is 12.2 Å². The van der Waals surface area contributed by atoms with E-state index in [9.17, 15) is 4.79 Å². The highest BCUT2D eigenvalue weighted by atomic mass is 79.9. The van der Waals surface area contributed by atoms with Gasteiger partial charge in [0.2, 0.25) is 0 Å². The number of hydrogen-bond donors (Lipinski definition) is 0. The molecule has 0 unspecified atom stereocenters. The Morgan fingerprint density at radius 3 is 2.85 bits per heavy atom. The Labute approximate surface area is 95.0 Å². The summed E-state index contributed by atoms with van der Waals surface area (Å²) >= 11 is 6.65. The summed E-state index contributed by atoms with van der Waals surface area (Å²) in [6, 6.07) is 1.96. The maximum absolute atomic E-state index is 11.5. The summed E-state index contributed by atoms with van der Waals surface area (Å²) in [5.41, 5.74) is 1.15. The van der Waals surface area contributed by atoms with Crippen LogP contribution in [-0.2, 0) is 0 Å². The molecule has 0 saturated carbocycles. The van der Waals surface area contributed by atoms with Crippen molar-refractivity contribution in [1.29, 1.82) is 0 Å². The molecule has 4 heteroatoms. The standard InChI is InChI=1S/C9H11BrOS2/c1-6-5-8(13-9(6)10)7(11)3-4-12-2/h5H,3-4H2,1-2H3. The summed E-state index contributed by atoms with van der Waals surface area (Å²) < 4.78 is 1.07. The maximum atomic E-state index is 11.5. The number of halogens is 1. The van der Waals surface area contributed by atoms with Crippen molar-refractivity contribution in [1.82, 2.24) is 0 Å². The molecule has 1 aromatic heterocycles. The molecule has 0 N–H and O–H groups in total. The third-order valence-electron chi connectivity index (χ3n) is 1.67. The van der Waals surface area contributed by atoms with E-state index in [0.29, 0.717) is 6.42 Å². The number of thiophene rings is 1. The number of carbonyl (C=O) groups excluding carboxylic acids is 1. The van der Waals surface area contributed by atoms with Crippen LogP contribution >= 0.6 is 39.0 Å². The molecule has 1 nitrogen and oxygen atoms in total. The van der Waals surface area contributed by atoms with Gasteiger partial charge in [0.1, 0.15) is 0 Å². The van der Waals surface area contributed by atoms with Crippen molar-refractivity contribution in [3.05, 3.63) is 20.3 Å². The zero-order valence-corrected chi connectivity index (χ0v) is 10.8. The predicted molar refractivity (Wildman–Crippen MR) is 64.1 cm³/mol. The van der Waals surface area contributed by atoms with Crippen LogP contribution in [0.25, 0.3) is 0 Å². The molecule has 72 valence electrons. The molecule has 0 aliphatic rings. The largest absolute Gasteiger partial charge is 0.293 e. The Kier molecular flexibility index (Phi) is 4.49. The summed E-state index contributed by atoms with van der Waals surface area (Å²) in [6.45, 7) is 2.01. The normalized spacial score (nSPS) is 10.4. The first kappa shape index (κ1) is 11.3. The zero-order chi connectivity index (χ0) is 9.84. The Morgan fingerprint density at radius 2 is 2.38 bits per heavy atom. The van der Waals surface area contributed by atoms with Crippen molar-refractivity contribution in [2.45, 2.75) is 13.3 Å². The monoisotopic (exact) mass is 278 g/mol. The first-order valence-electron chi connectivity index (χ1n) is 3.93. The van der Waals surface area contributed by atoms with Gasteiger partial charge in [-0.15, -0.1) is 11.3 Å². The lowest BCUT2D eigenvalue weighted by Crippen LogP contribution is -1.96. The molecule has 13 heavy (non-hydrogen) atoms. The second-order valence-corrected chi connectivity index (χ2v) is 6.09. The van der Waals surface area contributed by atoms with Crippen LogP contribution in [-0.4, -0.2) is 17.8 Å². The van der Waals surface area contributed by atoms with Gasteiger partial charge < -0.3 is 0 Å². The summed E-state index contributed by atoms with van der Waals surface area (Å²) in [4.78, 5) is 12.4. The third kappa shape index (κ3) is 3.11.